The van der Waals surface area contributed by atoms with Crippen LogP contribution in [0.4, 0.5) is 5.82 Å². The van der Waals surface area contributed by atoms with E-state index in [-0.39, 0.29) is 0 Å². The van der Waals surface area contributed by atoms with Crippen molar-refractivity contribution in [3.05, 3.63) is 27.9 Å². The summed E-state index contributed by atoms with van der Waals surface area (Å²) in [4.78, 5) is 0. The van der Waals surface area contributed by atoms with Gasteiger partial charge in [0.2, 0.25) is 0 Å². The molecule has 0 atom stereocenters. The number of benzene rings is 1. The van der Waals surface area contributed by atoms with Gasteiger partial charge < -0.3 is 10.5 Å². The van der Waals surface area contributed by atoms with Crippen molar-refractivity contribution in [2.24, 2.45) is 7.05 Å². The smallest absolute Gasteiger partial charge is 0.141 e. The number of rotatable bonds is 2. The standard InChI is InChI=1S/C14H16BrN3O/c1-18-14(16)11(7-17-18)10-6-8-4-3-5-9(8)12(15)13(10)19-2/h6-7H,3-5,16H2,1-2H3. The van der Waals surface area contributed by atoms with E-state index in [4.69, 9.17) is 10.5 Å². The molecule has 1 aliphatic carbocycles. The first kappa shape index (κ1) is 12.5. The van der Waals surface area contributed by atoms with Gasteiger partial charge in [-0.25, -0.2) is 0 Å². The summed E-state index contributed by atoms with van der Waals surface area (Å²) >= 11 is 3.68. The number of halogens is 1. The third-order valence-electron chi connectivity index (χ3n) is 3.77. The SMILES string of the molecule is COc1c(-c2cnn(C)c2N)cc2c(c1Br)CCC2. The predicted octanol–water partition coefficient (Wildman–Crippen LogP) is 2.93. The van der Waals surface area contributed by atoms with Crippen molar-refractivity contribution in [1.29, 1.82) is 0 Å². The number of hydrogen-bond acceptors (Lipinski definition) is 3. The summed E-state index contributed by atoms with van der Waals surface area (Å²) in [6.07, 6.45) is 5.21. The number of nitrogens with zero attached hydrogens (tertiary/aromatic N) is 2. The fraction of sp³-hybridized carbons (Fsp3) is 0.357. The molecule has 0 bridgehead atoms. The Morgan fingerprint density at radius 2 is 2.16 bits per heavy atom. The van der Waals surface area contributed by atoms with E-state index in [0.717, 1.165) is 34.2 Å². The number of nitrogens with two attached hydrogens (primary N) is 1. The Balaban J connectivity index is 2.26. The van der Waals surface area contributed by atoms with Crippen molar-refractivity contribution < 1.29 is 4.74 Å². The van der Waals surface area contributed by atoms with Crippen molar-refractivity contribution in [3.8, 4) is 16.9 Å². The summed E-state index contributed by atoms with van der Waals surface area (Å²) in [5, 5.41) is 4.21. The van der Waals surface area contributed by atoms with Crippen LogP contribution in [0.1, 0.15) is 17.5 Å². The average Bonchev–Trinajstić information content (AvgIpc) is 2.98. The number of aromatic nitrogens is 2. The van der Waals surface area contributed by atoms with E-state index in [0.29, 0.717) is 5.82 Å². The molecule has 0 unspecified atom stereocenters. The highest BCUT2D eigenvalue weighted by Crippen LogP contribution is 2.44. The molecule has 0 saturated heterocycles. The zero-order valence-electron chi connectivity index (χ0n) is 11.0. The van der Waals surface area contributed by atoms with Gasteiger partial charge in [0.1, 0.15) is 11.6 Å². The highest BCUT2D eigenvalue weighted by atomic mass is 79.9. The topological polar surface area (TPSA) is 53.1 Å². The molecule has 0 saturated carbocycles. The second kappa shape index (κ2) is 4.56. The third kappa shape index (κ3) is 1.84. The van der Waals surface area contributed by atoms with Crippen LogP contribution in [-0.2, 0) is 19.9 Å². The molecule has 2 N–H and O–H groups in total. The fourth-order valence-electron chi connectivity index (χ4n) is 2.73. The molecule has 1 aliphatic rings. The van der Waals surface area contributed by atoms with E-state index in [1.54, 1.807) is 18.0 Å². The monoisotopic (exact) mass is 321 g/mol. The Morgan fingerprint density at radius 1 is 1.37 bits per heavy atom. The largest absolute Gasteiger partial charge is 0.495 e. The minimum Gasteiger partial charge on any atom is -0.495 e. The minimum absolute atomic E-state index is 0.656. The summed E-state index contributed by atoms with van der Waals surface area (Å²) in [7, 11) is 3.53. The Bertz CT molecular complexity index is 649. The highest BCUT2D eigenvalue weighted by molar-refractivity contribution is 9.10. The van der Waals surface area contributed by atoms with Crippen LogP contribution in [0.3, 0.4) is 0 Å². The molecule has 1 heterocycles. The summed E-state index contributed by atoms with van der Waals surface area (Å²) < 4.78 is 8.32. The van der Waals surface area contributed by atoms with Crippen molar-refractivity contribution >= 4 is 21.7 Å². The van der Waals surface area contributed by atoms with Crippen LogP contribution in [0.25, 0.3) is 11.1 Å². The second-order valence-corrected chi connectivity index (χ2v) is 5.62. The van der Waals surface area contributed by atoms with Crippen LogP contribution >= 0.6 is 15.9 Å². The van der Waals surface area contributed by atoms with Gasteiger partial charge >= 0.3 is 0 Å². The lowest BCUT2D eigenvalue weighted by molar-refractivity contribution is 0.413. The van der Waals surface area contributed by atoms with E-state index in [1.807, 2.05) is 7.05 Å². The summed E-state index contributed by atoms with van der Waals surface area (Å²) in [6.45, 7) is 0. The molecule has 0 aliphatic heterocycles. The zero-order chi connectivity index (χ0) is 13.6. The Morgan fingerprint density at radius 3 is 2.79 bits per heavy atom. The van der Waals surface area contributed by atoms with E-state index in [2.05, 4.69) is 27.1 Å². The average molecular weight is 322 g/mol. The number of anilines is 1. The molecule has 0 fully saturated rings. The number of nitrogen functional groups attached to an aromatic ring is 1. The van der Waals surface area contributed by atoms with Crippen LogP contribution < -0.4 is 10.5 Å². The number of hydrogen-bond donors (Lipinski definition) is 1. The van der Waals surface area contributed by atoms with Gasteiger partial charge in [-0.3, -0.25) is 4.68 Å². The van der Waals surface area contributed by atoms with E-state index in [1.165, 1.54) is 17.5 Å². The molecule has 100 valence electrons. The summed E-state index contributed by atoms with van der Waals surface area (Å²) in [5.41, 5.74) is 10.8. The molecule has 4 nitrogen and oxygen atoms in total. The zero-order valence-corrected chi connectivity index (χ0v) is 12.6. The van der Waals surface area contributed by atoms with Crippen molar-refractivity contribution in [3.63, 3.8) is 0 Å². The first-order chi connectivity index (χ1) is 9.13. The summed E-state index contributed by atoms with van der Waals surface area (Å²) in [5.74, 6) is 1.50. The maximum Gasteiger partial charge on any atom is 0.141 e. The Hall–Kier alpha value is -1.49. The molecule has 0 amide bonds. The quantitative estimate of drug-likeness (QED) is 0.925. The number of methoxy groups -OCH3 is 1. The normalized spacial score (nSPS) is 13.6. The lowest BCUT2D eigenvalue weighted by Gasteiger charge is -2.14. The van der Waals surface area contributed by atoms with Crippen LogP contribution in [0.5, 0.6) is 5.75 Å². The van der Waals surface area contributed by atoms with Gasteiger partial charge in [0, 0.05) is 18.2 Å². The molecule has 3 rings (SSSR count). The van der Waals surface area contributed by atoms with E-state index >= 15 is 0 Å². The van der Waals surface area contributed by atoms with E-state index < -0.39 is 0 Å². The van der Waals surface area contributed by atoms with Crippen molar-refractivity contribution in [2.45, 2.75) is 19.3 Å². The number of aryl methyl sites for hydroxylation is 2. The van der Waals surface area contributed by atoms with Gasteiger partial charge in [-0.15, -0.1) is 0 Å². The molecular weight excluding hydrogens is 306 g/mol. The van der Waals surface area contributed by atoms with Gasteiger partial charge in [0.25, 0.3) is 0 Å². The van der Waals surface area contributed by atoms with Crippen LogP contribution in [0.15, 0.2) is 16.7 Å². The maximum absolute atomic E-state index is 6.08. The van der Waals surface area contributed by atoms with Crippen molar-refractivity contribution in [1.82, 2.24) is 9.78 Å². The Kier molecular flexibility index (Phi) is 3.01. The summed E-state index contributed by atoms with van der Waals surface area (Å²) in [6, 6.07) is 2.19. The highest BCUT2D eigenvalue weighted by Gasteiger charge is 2.23. The van der Waals surface area contributed by atoms with Gasteiger partial charge in [-0.05, 0) is 52.4 Å². The molecule has 0 spiro atoms. The molecule has 1 aromatic heterocycles. The van der Waals surface area contributed by atoms with Crippen LogP contribution in [0.2, 0.25) is 0 Å². The maximum atomic E-state index is 6.08. The molecule has 2 aromatic rings. The van der Waals surface area contributed by atoms with Crippen LogP contribution in [0, 0.1) is 0 Å². The van der Waals surface area contributed by atoms with Gasteiger partial charge in [-0.1, -0.05) is 0 Å². The molecule has 0 radical (unpaired) electrons. The molecular formula is C14H16BrN3O. The fourth-order valence-corrected chi connectivity index (χ4v) is 3.55. The van der Waals surface area contributed by atoms with Crippen molar-refractivity contribution in [2.75, 3.05) is 12.8 Å². The lowest BCUT2D eigenvalue weighted by atomic mass is 10.0. The van der Waals surface area contributed by atoms with E-state index in [9.17, 15) is 0 Å². The molecule has 19 heavy (non-hydrogen) atoms. The third-order valence-corrected chi connectivity index (χ3v) is 4.61. The number of ether oxygens (including phenoxy) is 1. The minimum atomic E-state index is 0.656. The van der Waals surface area contributed by atoms with Crippen LogP contribution in [-0.4, -0.2) is 16.9 Å². The number of fused-ring (bicyclic) bond motifs is 1. The van der Waals surface area contributed by atoms with Gasteiger partial charge in [0.05, 0.1) is 17.8 Å². The first-order valence-corrected chi connectivity index (χ1v) is 7.09. The predicted molar refractivity (Wildman–Crippen MR) is 79.3 cm³/mol. The second-order valence-electron chi connectivity index (χ2n) is 4.83. The molecule has 1 aromatic carbocycles. The Labute approximate surface area is 120 Å². The van der Waals surface area contributed by atoms with Gasteiger partial charge in [-0.2, -0.15) is 5.10 Å². The lowest BCUT2D eigenvalue weighted by Crippen LogP contribution is -2.00. The van der Waals surface area contributed by atoms with Gasteiger partial charge in [0.15, 0.2) is 0 Å². The molecule has 5 heteroatoms. The first-order valence-electron chi connectivity index (χ1n) is 6.29.